The number of aliphatic hydroxyl groups excluding tert-OH is 1. The second-order valence-electron chi connectivity index (χ2n) is 3.51. The minimum absolute atomic E-state index is 0.152. The highest BCUT2D eigenvalue weighted by Crippen LogP contribution is 2.21. The highest BCUT2D eigenvalue weighted by atomic mass is 16.5. The number of carbonyl (C=O) groups is 1. The molecule has 0 aromatic heterocycles. The zero-order valence-corrected chi connectivity index (χ0v) is 7.91. The van der Waals surface area contributed by atoms with Crippen molar-refractivity contribution in [3.8, 4) is 0 Å². The summed E-state index contributed by atoms with van der Waals surface area (Å²) in [5.74, 6) is 0.943. The predicted molar refractivity (Wildman–Crippen MR) is 49.2 cm³/mol. The molecule has 0 aliphatic heterocycles. The first-order valence-electron chi connectivity index (χ1n) is 4.34. The Bertz CT molecular complexity index is 261. The van der Waals surface area contributed by atoms with E-state index in [0.717, 1.165) is 6.26 Å². The maximum absolute atomic E-state index is 11.1. The molecule has 0 spiro atoms. The van der Waals surface area contributed by atoms with Crippen molar-refractivity contribution in [1.29, 1.82) is 0 Å². The molecule has 1 N–H and O–H groups in total. The quantitative estimate of drug-likeness (QED) is 0.536. The lowest BCUT2D eigenvalue weighted by atomic mass is 10.2. The lowest BCUT2D eigenvalue weighted by molar-refractivity contribution is -0.111. The molecule has 0 saturated heterocycles. The second-order valence-corrected chi connectivity index (χ2v) is 3.51. The Labute approximate surface area is 77.7 Å². The van der Waals surface area contributed by atoms with E-state index in [9.17, 15) is 4.79 Å². The average Bonchev–Trinajstić information content (AvgIpc) is 2.43. The zero-order valence-electron chi connectivity index (χ0n) is 7.91. The van der Waals surface area contributed by atoms with E-state index in [1.807, 2.05) is 13.8 Å². The van der Waals surface area contributed by atoms with Gasteiger partial charge in [-0.3, -0.25) is 4.79 Å². The van der Waals surface area contributed by atoms with Crippen molar-refractivity contribution in [2.45, 2.75) is 20.3 Å². The van der Waals surface area contributed by atoms with Crippen LogP contribution in [0.3, 0.4) is 0 Å². The van der Waals surface area contributed by atoms with Crippen molar-refractivity contribution in [3.63, 3.8) is 0 Å². The van der Waals surface area contributed by atoms with E-state index >= 15 is 0 Å². The molecule has 0 fully saturated rings. The molecule has 0 radical (unpaired) electrons. The Balaban J connectivity index is 2.47. The van der Waals surface area contributed by atoms with E-state index in [2.05, 4.69) is 0 Å². The third kappa shape index (κ3) is 2.61. The van der Waals surface area contributed by atoms with Gasteiger partial charge >= 0.3 is 0 Å². The van der Waals surface area contributed by atoms with Crippen molar-refractivity contribution < 1.29 is 14.6 Å². The van der Waals surface area contributed by atoms with Gasteiger partial charge in [0.15, 0.2) is 5.78 Å². The summed E-state index contributed by atoms with van der Waals surface area (Å²) in [5, 5.41) is 8.66. The second kappa shape index (κ2) is 4.12. The Morgan fingerprint density at radius 2 is 2.38 bits per heavy atom. The first-order valence-corrected chi connectivity index (χ1v) is 4.34. The lowest BCUT2D eigenvalue weighted by Gasteiger charge is -2.08. The highest BCUT2D eigenvalue weighted by Gasteiger charge is 2.19. The van der Waals surface area contributed by atoms with Crippen LogP contribution < -0.4 is 0 Å². The summed E-state index contributed by atoms with van der Waals surface area (Å²) < 4.78 is 5.36. The Kier molecular flexibility index (Phi) is 3.12. The number of carbonyl (C=O) groups excluding carboxylic acids is 1. The molecule has 0 aromatic rings. The maximum Gasteiger partial charge on any atom is 0.188 e. The minimum Gasteiger partial charge on any atom is -0.515 e. The predicted octanol–water partition coefficient (Wildman–Crippen LogP) is 1.96. The van der Waals surface area contributed by atoms with Gasteiger partial charge in [0.1, 0.15) is 5.76 Å². The van der Waals surface area contributed by atoms with Gasteiger partial charge in [-0.1, -0.05) is 13.8 Å². The molecule has 0 atom stereocenters. The van der Waals surface area contributed by atoms with Gasteiger partial charge in [-0.25, -0.2) is 0 Å². The lowest BCUT2D eigenvalue weighted by Crippen LogP contribution is -2.00. The van der Waals surface area contributed by atoms with Gasteiger partial charge in [0, 0.05) is 18.1 Å². The molecular formula is C10H14O3. The fourth-order valence-electron chi connectivity index (χ4n) is 1.04. The summed E-state index contributed by atoms with van der Waals surface area (Å²) >= 11 is 0. The molecule has 0 unspecified atom stereocenters. The molecule has 3 nitrogen and oxygen atoms in total. The Hall–Kier alpha value is -1.25. The molecular weight excluding hydrogens is 168 g/mol. The maximum atomic E-state index is 11.1. The van der Waals surface area contributed by atoms with Crippen molar-refractivity contribution >= 4 is 5.78 Å². The van der Waals surface area contributed by atoms with E-state index in [0.29, 0.717) is 30.3 Å². The average molecular weight is 182 g/mol. The van der Waals surface area contributed by atoms with Crippen LogP contribution in [0.5, 0.6) is 0 Å². The number of allylic oxidation sites excluding steroid dienone is 2. The smallest absolute Gasteiger partial charge is 0.188 e. The topological polar surface area (TPSA) is 46.5 Å². The molecule has 0 aromatic carbocycles. The molecule has 0 bridgehead atoms. The number of hydrogen-bond donors (Lipinski definition) is 1. The van der Waals surface area contributed by atoms with Crippen LogP contribution in [0.25, 0.3) is 0 Å². The first-order chi connectivity index (χ1) is 6.13. The first kappa shape index (κ1) is 9.84. The summed E-state index contributed by atoms with van der Waals surface area (Å²) in [4.78, 5) is 11.1. The van der Waals surface area contributed by atoms with E-state index in [-0.39, 0.29) is 5.78 Å². The van der Waals surface area contributed by atoms with Gasteiger partial charge in [-0.05, 0) is 5.92 Å². The van der Waals surface area contributed by atoms with Crippen LogP contribution in [-0.4, -0.2) is 17.5 Å². The molecule has 3 heteroatoms. The molecule has 1 aliphatic carbocycles. The van der Waals surface area contributed by atoms with Crippen LogP contribution in [0.15, 0.2) is 23.7 Å². The van der Waals surface area contributed by atoms with Crippen molar-refractivity contribution in [2.75, 3.05) is 6.61 Å². The summed E-state index contributed by atoms with van der Waals surface area (Å²) in [6.45, 7) is 4.69. The van der Waals surface area contributed by atoms with Crippen LogP contribution in [-0.2, 0) is 9.53 Å². The fourth-order valence-corrected chi connectivity index (χ4v) is 1.04. The van der Waals surface area contributed by atoms with Gasteiger partial charge in [0.25, 0.3) is 0 Å². The monoisotopic (exact) mass is 182 g/mol. The molecule has 1 aliphatic rings. The van der Waals surface area contributed by atoms with Gasteiger partial charge < -0.3 is 9.84 Å². The SMILES string of the molecule is CC(C)COC1=CC(=O)/C(=C\O)C1. The van der Waals surface area contributed by atoms with Crippen LogP contribution in [0, 0.1) is 5.92 Å². The summed E-state index contributed by atoms with van der Waals surface area (Å²) in [6, 6.07) is 0. The summed E-state index contributed by atoms with van der Waals surface area (Å²) in [6.07, 6.45) is 2.71. The van der Waals surface area contributed by atoms with Gasteiger partial charge in [-0.2, -0.15) is 0 Å². The van der Waals surface area contributed by atoms with Crippen LogP contribution in [0.2, 0.25) is 0 Å². The van der Waals surface area contributed by atoms with Crippen LogP contribution in [0.1, 0.15) is 20.3 Å². The molecule has 0 saturated carbocycles. The fraction of sp³-hybridized carbons (Fsp3) is 0.500. The number of ether oxygens (including phenoxy) is 1. The van der Waals surface area contributed by atoms with Crippen molar-refractivity contribution in [2.24, 2.45) is 5.92 Å². The summed E-state index contributed by atoms with van der Waals surface area (Å²) in [5.41, 5.74) is 0.402. The molecule has 1 rings (SSSR count). The number of hydrogen-bond acceptors (Lipinski definition) is 3. The Morgan fingerprint density at radius 3 is 2.85 bits per heavy atom. The van der Waals surface area contributed by atoms with Gasteiger partial charge in [0.2, 0.25) is 0 Å². The standard InChI is InChI=1S/C10H14O3/c1-7(2)6-13-9-3-8(5-11)10(12)4-9/h4-5,7,11H,3,6H2,1-2H3/b8-5-. The molecule has 0 amide bonds. The van der Waals surface area contributed by atoms with Crippen LogP contribution in [0.4, 0.5) is 0 Å². The number of aliphatic hydroxyl groups is 1. The van der Waals surface area contributed by atoms with E-state index < -0.39 is 0 Å². The van der Waals surface area contributed by atoms with Crippen molar-refractivity contribution in [1.82, 2.24) is 0 Å². The van der Waals surface area contributed by atoms with Gasteiger partial charge in [-0.15, -0.1) is 0 Å². The Morgan fingerprint density at radius 1 is 1.69 bits per heavy atom. The highest BCUT2D eigenvalue weighted by molar-refractivity contribution is 6.06. The third-order valence-corrected chi connectivity index (χ3v) is 1.73. The number of ketones is 1. The zero-order chi connectivity index (χ0) is 9.84. The molecule has 72 valence electrons. The van der Waals surface area contributed by atoms with E-state index in [1.165, 1.54) is 6.08 Å². The van der Waals surface area contributed by atoms with E-state index in [1.54, 1.807) is 0 Å². The third-order valence-electron chi connectivity index (χ3n) is 1.73. The minimum atomic E-state index is -0.152. The number of rotatable bonds is 3. The van der Waals surface area contributed by atoms with Crippen LogP contribution >= 0.6 is 0 Å². The normalized spacial score (nSPS) is 19.8. The van der Waals surface area contributed by atoms with E-state index in [4.69, 9.17) is 9.84 Å². The molecule has 0 heterocycles. The summed E-state index contributed by atoms with van der Waals surface area (Å²) in [7, 11) is 0. The van der Waals surface area contributed by atoms with Gasteiger partial charge in [0.05, 0.1) is 12.9 Å². The molecule has 13 heavy (non-hydrogen) atoms. The van der Waals surface area contributed by atoms with Crippen molar-refractivity contribution in [3.05, 3.63) is 23.7 Å². The largest absolute Gasteiger partial charge is 0.515 e.